The number of carbonyl (C=O) groups is 1. The zero-order valence-corrected chi connectivity index (χ0v) is 10.9. The van der Waals surface area contributed by atoms with E-state index in [1.54, 1.807) is 36.7 Å². The number of nitrogens with one attached hydrogen (secondary N) is 2. The summed E-state index contributed by atoms with van der Waals surface area (Å²) >= 11 is 0. The molecule has 0 spiro atoms. The molecule has 104 valence electrons. The first-order chi connectivity index (χ1) is 10.2. The molecule has 1 aromatic carbocycles. The van der Waals surface area contributed by atoms with E-state index < -0.39 is 5.82 Å². The van der Waals surface area contributed by atoms with Gasteiger partial charge in [-0.2, -0.15) is 5.10 Å². The number of pyridine rings is 1. The SMILES string of the molecule is O=C(Nc1cccc(F)c1)c1cc(-c2ccncc2)n[nH]1. The van der Waals surface area contributed by atoms with Gasteiger partial charge in [0, 0.05) is 23.6 Å². The Labute approximate surface area is 119 Å². The lowest BCUT2D eigenvalue weighted by Crippen LogP contribution is -2.12. The van der Waals surface area contributed by atoms with Crippen LogP contribution in [0.1, 0.15) is 10.5 Å². The summed E-state index contributed by atoms with van der Waals surface area (Å²) in [5.41, 5.74) is 2.18. The van der Waals surface area contributed by atoms with Crippen LogP contribution in [-0.2, 0) is 0 Å². The van der Waals surface area contributed by atoms with Gasteiger partial charge in [0.25, 0.3) is 5.91 Å². The Morgan fingerprint density at radius 2 is 1.95 bits per heavy atom. The third kappa shape index (κ3) is 2.94. The summed E-state index contributed by atoms with van der Waals surface area (Å²) in [6.07, 6.45) is 3.30. The number of amides is 1. The molecule has 0 unspecified atom stereocenters. The van der Waals surface area contributed by atoms with Gasteiger partial charge in [-0.25, -0.2) is 4.39 Å². The normalized spacial score (nSPS) is 10.3. The Hall–Kier alpha value is -3.02. The highest BCUT2D eigenvalue weighted by Crippen LogP contribution is 2.17. The number of rotatable bonds is 3. The lowest BCUT2D eigenvalue weighted by atomic mass is 10.2. The smallest absolute Gasteiger partial charge is 0.273 e. The molecular formula is C15H11FN4O. The van der Waals surface area contributed by atoms with Gasteiger partial charge in [-0.05, 0) is 36.4 Å². The van der Waals surface area contributed by atoms with Crippen LogP contribution in [0, 0.1) is 5.82 Å². The molecule has 0 saturated carbocycles. The number of hydrogen-bond acceptors (Lipinski definition) is 3. The Balaban J connectivity index is 1.78. The average Bonchev–Trinajstić information content (AvgIpc) is 2.98. The summed E-state index contributed by atoms with van der Waals surface area (Å²) in [6.45, 7) is 0. The minimum Gasteiger partial charge on any atom is -0.321 e. The second-order valence-corrected chi connectivity index (χ2v) is 4.37. The Morgan fingerprint density at radius 3 is 2.71 bits per heavy atom. The van der Waals surface area contributed by atoms with Gasteiger partial charge >= 0.3 is 0 Å². The van der Waals surface area contributed by atoms with E-state index in [1.165, 1.54) is 18.2 Å². The van der Waals surface area contributed by atoms with Crippen LogP contribution in [0.3, 0.4) is 0 Å². The number of anilines is 1. The molecule has 3 rings (SSSR count). The van der Waals surface area contributed by atoms with Gasteiger partial charge in [0.15, 0.2) is 0 Å². The topological polar surface area (TPSA) is 70.7 Å². The summed E-state index contributed by atoms with van der Waals surface area (Å²) < 4.78 is 13.1. The van der Waals surface area contributed by atoms with Gasteiger partial charge in [-0.3, -0.25) is 14.9 Å². The zero-order valence-electron chi connectivity index (χ0n) is 10.9. The maximum atomic E-state index is 13.1. The van der Waals surface area contributed by atoms with Crippen LogP contribution in [0.25, 0.3) is 11.3 Å². The largest absolute Gasteiger partial charge is 0.321 e. The fraction of sp³-hybridized carbons (Fsp3) is 0. The number of halogens is 1. The van der Waals surface area contributed by atoms with Crippen LogP contribution in [0.15, 0.2) is 54.9 Å². The highest BCUT2D eigenvalue weighted by atomic mass is 19.1. The van der Waals surface area contributed by atoms with Crippen LogP contribution < -0.4 is 5.32 Å². The quantitative estimate of drug-likeness (QED) is 0.776. The minimum absolute atomic E-state index is 0.297. The van der Waals surface area contributed by atoms with Crippen molar-refractivity contribution in [2.75, 3.05) is 5.32 Å². The fourth-order valence-corrected chi connectivity index (χ4v) is 1.87. The predicted molar refractivity (Wildman–Crippen MR) is 76.2 cm³/mol. The number of nitrogens with zero attached hydrogens (tertiary/aromatic N) is 2. The van der Waals surface area contributed by atoms with E-state index in [0.717, 1.165) is 5.56 Å². The van der Waals surface area contributed by atoms with Gasteiger partial charge in [0.05, 0.1) is 5.69 Å². The third-order valence-corrected chi connectivity index (χ3v) is 2.88. The molecule has 21 heavy (non-hydrogen) atoms. The number of H-pyrrole nitrogens is 1. The average molecular weight is 282 g/mol. The summed E-state index contributed by atoms with van der Waals surface area (Å²) in [5.74, 6) is -0.789. The van der Waals surface area contributed by atoms with Gasteiger partial charge in [0.2, 0.25) is 0 Å². The molecule has 0 radical (unpaired) electrons. The predicted octanol–water partition coefficient (Wildman–Crippen LogP) is 2.86. The standard InChI is InChI=1S/C15H11FN4O/c16-11-2-1-3-12(8-11)18-15(21)14-9-13(19-20-14)10-4-6-17-7-5-10/h1-9H,(H,18,21)(H,19,20). The van der Waals surface area contributed by atoms with Crippen LogP contribution in [0.4, 0.5) is 10.1 Å². The van der Waals surface area contributed by atoms with Crippen LogP contribution in [0.2, 0.25) is 0 Å². The molecule has 0 aliphatic carbocycles. The molecule has 0 aliphatic heterocycles. The molecular weight excluding hydrogens is 271 g/mol. The van der Waals surface area contributed by atoms with Gasteiger partial charge in [-0.15, -0.1) is 0 Å². The molecule has 0 bridgehead atoms. The zero-order chi connectivity index (χ0) is 14.7. The van der Waals surface area contributed by atoms with Gasteiger partial charge < -0.3 is 5.32 Å². The van der Waals surface area contributed by atoms with E-state index in [0.29, 0.717) is 17.1 Å². The first-order valence-corrected chi connectivity index (χ1v) is 6.25. The Bertz CT molecular complexity index is 770. The van der Waals surface area contributed by atoms with Crippen molar-refractivity contribution in [3.8, 4) is 11.3 Å². The molecule has 0 saturated heterocycles. The number of hydrogen-bond donors (Lipinski definition) is 2. The molecule has 2 heterocycles. The van der Waals surface area contributed by atoms with Crippen molar-refractivity contribution in [1.29, 1.82) is 0 Å². The first-order valence-electron chi connectivity index (χ1n) is 6.25. The van der Waals surface area contributed by atoms with Crippen molar-refractivity contribution < 1.29 is 9.18 Å². The Kier molecular flexibility index (Phi) is 3.42. The lowest BCUT2D eigenvalue weighted by molar-refractivity contribution is 0.102. The van der Waals surface area contributed by atoms with E-state index in [4.69, 9.17) is 0 Å². The van der Waals surface area contributed by atoms with Crippen molar-refractivity contribution in [2.24, 2.45) is 0 Å². The van der Waals surface area contributed by atoms with E-state index >= 15 is 0 Å². The molecule has 3 aromatic rings. The first kappa shape index (κ1) is 13.0. The van der Waals surface area contributed by atoms with E-state index in [9.17, 15) is 9.18 Å². The third-order valence-electron chi connectivity index (χ3n) is 2.88. The maximum Gasteiger partial charge on any atom is 0.273 e. The molecule has 1 amide bonds. The molecule has 2 N–H and O–H groups in total. The number of aromatic amines is 1. The monoisotopic (exact) mass is 282 g/mol. The fourth-order valence-electron chi connectivity index (χ4n) is 1.87. The van der Waals surface area contributed by atoms with Crippen LogP contribution >= 0.6 is 0 Å². The minimum atomic E-state index is -0.408. The van der Waals surface area contributed by atoms with Crippen molar-refractivity contribution in [2.45, 2.75) is 0 Å². The van der Waals surface area contributed by atoms with Gasteiger partial charge in [0.1, 0.15) is 11.5 Å². The summed E-state index contributed by atoms with van der Waals surface area (Å²) in [5, 5.41) is 9.34. The number of aromatic nitrogens is 3. The van der Waals surface area contributed by atoms with Crippen molar-refractivity contribution in [3.05, 3.63) is 66.4 Å². The second-order valence-electron chi connectivity index (χ2n) is 4.37. The molecule has 0 aliphatic rings. The Morgan fingerprint density at radius 1 is 1.14 bits per heavy atom. The highest BCUT2D eigenvalue weighted by Gasteiger charge is 2.11. The van der Waals surface area contributed by atoms with Gasteiger partial charge in [-0.1, -0.05) is 6.07 Å². The summed E-state index contributed by atoms with van der Waals surface area (Å²) in [4.78, 5) is 16.0. The van der Waals surface area contributed by atoms with E-state index in [1.807, 2.05) is 0 Å². The molecule has 0 atom stereocenters. The van der Waals surface area contributed by atoms with Crippen LogP contribution in [-0.4, -0.2) is 21.1 Å². The van der Waals surface area contributed by atoms with Crippen molar-refractivity contribution in [3.63, 3.8) is 0 Å². The number of benzene rings is 1. The lowest BCUT2D eigenvalue weighted by Gasteiger charge is -2.02. The number of carbonyl (C=O) groups excluding carboxylic acids is 1. The molecule has 0 fully saturated rings. The summed E-state index contributed by atoms with van der Waals surface area (Å²) in [7, 11) is 0. The summed E-state index contributed by atoms with van der Waals surface area (Å²) in [6, 6.07) is 10.9. The molecule has 2 aromatic heterocycles. The highest BCUT2D eigenvalue weighted by molar-refractivity contribution is 6.03. The van der Waals surface area contributed by atoms with E-state index in [-0.39, 0.29) is 5.91 Å². The second kappa shape index (κ2) is 5.54. The molecule has 5 nitrogen and oxygen atoms in total. The molecule has 6 heteroatoms. The van der Waals surface area contributed by atoms with E-state index in [2.05, 4.69) is 20.5 Å². The maximum absolute atomic E-state index is 13.1. The van der Waals surface area contributed by atoms with Crippen LogP contribution in [0.5, 0.6) is 0 Å². The van der Waals surface area contributed by atoms with Crippen molar-refractivity contribution in [1.82, 2.24) is 15.2 Å². The van der Waals surface area contributed by atoms with Crippen molar-refractivity contribution >= 4 is 11.6 Å².